The van der Waals surface area contributed by atoms with Crippen molar-refractivity contribution in [2.75, 3.05) is 6.54 Å². The Morgan fingerprint density at radius 1 is 0.711 bits per heavy atom. The van der Waals surface area contributed by atoms with Crippen molar-refractivity contribution in [1.29, 1.82) is 0 Å². The zero-order valence-corrected chi connectivity index (χ0v) is 21.6. The second kappa shape index (κ2) is 10.9. The summed E-state index contributed by atoms with van der Waals surface area (Å²) in [6, 6.07) is 33.4. The Labute approximate surface area is 222 Å². The molecule has 1 fully saturated rings. The number of carbonyl (C=O) groups is 1. The van der Waals surface area contributed by atoms with E-state index in [4.69, 9.17) is 4.84 Å². The van der Waals surface area contributed by atoms with Gasteiger partial charge in [0.05, 0.1) is 4.90 Å². The summed E-state index contributed by atoms with van der Waals surface area (Å²) >= 11 is 0. The molecule has 194 valence electrons. The number of benzene rings is 4. The lowest BCUT2D eigenvalue weighted by atomic mass is 9.80. The van der Waals surface area contributed by atoms with Gasteiger partial charge in [-0.1, -0.05) is 91.0 Å². The number of sulfone groups is 1. The summed E-state index contributed by atoms with van der Waals surface area (Å²) in [5.74, 6) is -1.17. The van der Waals surface area contributed by atoms with Crippen LogP contribution in [0.5, 0.6) is 0 Å². The molecule has 1 unspecified atom stereocenters. The fraction of sp³-hybridized carbons (Fsp3) is 0.194. The Hall–Kier alpha value is -3.81. The van der Waals surface area contributed by atoms with Crippen LogP contribution in [0.15, 0.2) is 120 Å². The number of rotatable bonds is 7. The van der Waals surface area contributed by atoms with E-state index in [0.29, 0.717) is 12.8 Å². The van der Waals surface area contributed by atoms with E-state index in [-0.39, 0.29) is 17.9 Å². The van der Waals surface area contributed by atoms with Gasteiger partial charge in [-0.2, -0.15) is 0 Å². The molecule has 0 aliphatic carbocycles. The molecule has 38 heavy (non-hydrogen) atoms. The average Bonchev–Trinajstić information content (AvgIpc) is 3.14. The highest BCUT2D eigenvalue weighted by Gasteiger charge is 2.45. The first kappa shape index (κ1) is 25.8. The Bertz CT molecular complexity index is 1380. The molecule has 1 atom stereocenters. The van der Waals surface area contributed by atoms with Crippen molar-refractivity contribution in [1.82, 2.24) is 5.06 Å². The van der Waals surface area contributed by atoms with Gasteiger partial charge in [-0.05, 0) is 60.2 Å². The first-order valence-corrected chi connectivity index (χ1v) is 14.1. The lowest BCUT2D eigenvalue weighted by molar-refractivity contribution is -0.221. The third-order valence-electron chi connectivity index (χ3n) is 6.90. The maximum Gasteiger partial charge on any atom is 0.264 e. The lowest BCUT2D eigenvalue weighted by Gasteiger charge is -2.39. The summed E-state index contributed by atoms with van der Waals surface area (Å²) in [4.78, 5) is 20.6. The molecule has 1 heterocycles. The summed E-state index contributed by atoms with van der Waals surface area (Å²) < 4.78 is 40.6. The SMILES string of the molecule is O=C1C(S(=O)(=O)c2ccc(F)cc2)CCCCN1OC(c1ccccc1)(c1ccccc1)c1ccccc1. The van der Waals surface area contributed by atoms with Crippen molar-refractivity contribution in [3.05, 3.63) is 138 Å². The molecule has 0 N–H and O–H groups in total. The van der Waals surface area contributed by atoms with E-state index in [2.05, 4.69) is 0 Å². The van der Waals surface area contributed by atoms with Crippen LogP contribution in [0.2, 0.25) is 0 Å². The van der Waals surface area contributed by atoms with Crippen molar-refractivity contribution in [2.24, 2.45) is 0 Å². The first-order valence-electron chi connectivity index (χ1n) is 12.6. The predicted octanol–water partition coefficient (Wildman–Crippen LogP) is 5.90. The van der Waals surface area contributed by atoms with Crippen LogP contribution in [0.3, 0.4) is 0 Å². The average molecular weight is 530 g/mol. The van der Waals surface area contributed by atoms with Gasteiger partial charge in [-0.3, -0.25) is 4.79 Å². The zero-order chi connectivity index (χ0) is 26.6. The second-order valence-corrected chi connectivity index (χ2v) is 11.4. The highest BCUT2D eigenvalue weighted by molar-refractivity contribution is 7.92. The molecule has 0 spiro atoms. The van der Waals surface area contributed by atoms with Gasteiger partial charge < -0.3 is 0 Å². The van der Waals surface area contributed by atoms with E-state index in [1.165, 1.54) is 17.2 Å². The molecular formula is C31H28FNO4S. The summed E-state index contributed by atoms with van der Waals surface area (Å²) in [6.45, 7) is 0.239. The molecule has 0 saturated carbocycles. The molecular weight excluding hydrogens is 501 g/mol. The highest BCUT2D eigenvalue weighted by Crippen LogP contribution is 2.42. The minimum absolute atomic E-state index is 0.0838. The maximum absolute atomic E-state index is 14.0. The van der Waals surface area contributed by atoms with E-state index >= 15 is 0 Å². The number of amides is 1. The van der Waals surface area contributed by atoms with Gasteiger partial charge in [0.1, 0.15) is 11.1 Å². The van der Waals surface area contributed by atoms with Gasteiger partial charge in [0, 0.05) is 6.54 Å². The Kier molecular flexibility index (Phi) is 7.40. The summed E-state index contributed by atoms with van der Waals surface area (Å²) in [5, 5.41) is -0.110. The molecule has 7 heteroatoms. The topological polar surface area (TPSA) is 63.7 Å². The Morgan fingerprint density at radius 3 is 1.66 bits per heavy atom. The lowest BCUT2D eigenvalue weighted by Crippen LogP contribution is -2.47. The number of hydroxylamine groups is 2. The van der Waals surface area contributed by atoms with E-state index in [9.17, 15) is 17.6 Å². The Balaban J connectivity index is 1.62. The molecule has 5 nitrogen and oxygen atoms in total. The molecule has 1 aliphatic rings. The molecule has 4 aromatic carbocycles. The number of hydrogen-bond acceptors (Lipinski definition) is 4. The van der Waals surface area contributed by atoms with Gasteiger partial charge in [-0.25, -0.2) is 22.7 Å². The normalized spacial score (nSPS) is 16.7. The largest absolute Gasteiger partial charge is 0.271 e. The van der Waals surface area contributed by atoms with Crippen LogP contribution in [-0.2, 0) is 25.1 Å². The molecule has 1 amide bonds. The molecule has 0 aromatic heterocycles. The van der Waals surface area contributed by atoms with Crippen molar-refractivity contribution < 1.29 is 22.4 Å². The molecule has 4 aromatic rings. The monoisotopic (exact) mass is 529 g/mol. The van der Waals surface area contributed by atoms with Crippen molar-refractivity contribution >= 4 is 15.7 Å². The van der Waals surface area contributed by atoms with E-state index < -0.39 is 32.4 Å². The smallest absolute Gasteiger partial charge is 0.264 e. The fourth-order valence-electron chi connectivity index (χ4n) is 4.99. The van der Waals surface area contributed by atoms with Crippen molar-refractivity contribution in [3.8, 4) is 0 Å². The van der Waals surface area contributed by atoms with Gasteiger partial charge in [0.15, 0.2) is 15.4 Å². The fourth-order valence-corrected chi connectivity index (χ4v) is 6.69. The van der Waals surface area contributed by atoms with Crippen LogP contribution in [0.25, 0.3) is 0 Å². The van der Waals surface area contributed by atoms with Crippen LogP contribution in [0, 0.1) is 5.82 Å². The number of hydrogen-bond donors (Lipinski definition) is 0. The number of carbonyl (C=O) groups excluding carboxylic acids is 1. The van der Waals surface area contributed by atoms with Crippen LogP contribution in [0.4, 0.5) is 4.39 Å². The van der Waals surface area contributed by atoms with E-state index in [0.717, 1.165) is 28.8 Å². The summed E-state index contributed by atoms with van der Waals surface area (Å²) in [6.07, 6.45) is 1.27. The van der Waals surface area contributed by atoms with Gasteiger partial charge >= 0.3 is 0 Å². The third kappa shape index (κ3) is 4.87. The van der Waals surface area contributed by atoms with Crippen molar-refractivity contribution in [2.45, 2.75) is 35.0 Å². The Morgan fingerprint density at radius 2 is 1.18 bits per heavy atom. The van der Waals surface area contributed by atoms with E-state index in [1.807, 2.05) is 91.0 Å². The van der Waals surface area contributed by atoms with Gasteiger partial charge in [0.25, 0.3) is 5.91 Å². The van der Waals surface area contributed by atoms with Crippen LogP contribution in [0.1, 0.15) is 36.0 Å². The van der Waals surface area contributed by atoms with Crippen molar-refractivity contribution in [3.63, 3.8) is 0 Å². The molecule has 0 bridgehead atoms. The minimum Gasteiger partial charge on any atom is -0.271 e. The number of nitrogens with zero attached hydrogens (tertiary/aromatic N) is 1. The third-order valence-corrected chi connectivity index (χ3v) is 9.02. The van der Waals surface area contributed by atoms with E-state index in [1.54, 1.807) is 0 Å². The molecule has 1 saturated heterocycles. The molecule has 1 aliphatic heterocycles. The summed E-state index contributed by atoms with van der Waals surface area (Å²) in [7, 11) is -4.07. The minimum atomic E-state index is -4.07. The molecule has 5 rings (SSSR count). The predicted molar refractivity (Wildman–Crippen MR) is 143 cm³/mol. The zero-order valence-electron chi connectivity index (χ0n) is 20.7. The first-order chi connectivity index (χ1) is 18.4. The molecule has 0 radical (unpaired) electrons. The second-order valence-electron chi connectivity index (χ2n) is 9.29. The standard InChI is InChI=1S/C31H28FNO4S/c32-27-19-21-28(22-20-27)38(35,36)29-18-10-11-23-33(30(29)34)37-31(24-12-4-1-5-13-24,25-14-6-2-7-15-25)26-16-8-3-9-17-26/h1-9,12-17,19-22,29H,10-11,18,23H2. The highest BCUT2D eigenvalue weighted by atomic mass is 32.2. The van der Waals surface area contributed by atoms with Crippen LogP contribution >= 0.6 is 0 Å². The quantitative estimate of drug-likeness (QED) is 0.221. The number of halogens is 1. The summed E-state index contributed by atoms with van der Waals surface area (Å²) in [5.41, 5.74) is 1.18. The van der Waals surface area contributed by atoms with Crippen LogP contribution < -0.4 is 0 Å². The maximum atomic E-state index is 14.0. The van der Waals surface area contributed by atoms with Crippen LogP contribution in [-0.4, -0.2) is 31.2 Å². The van der Waals surface area contributed by atoms with Gasteiger partial charge in [0.2, 0.25) is 0 Å². The van der Waals surface area contributed by atoms with Gasteiger partial charge in [-0.15, -0.1) is 0 Å².